The largest absolute Gasteiger partial charge is 0.494 e. The molecule has 1 aromatic rings. The van der Waals surface area contributed by atoms with Gasteiger partial charge in [-0.05, 0) is 37.3 Å². The molecule has 1 aliphatic rings. The van der Waals surface area contributed by atoms with Crippen LogP contribution >= 0.6 is 0 Å². The van der Waals surface area contributed by atoms with Gasteiger partial charge in [0.1, 0.15) is 11.5 Å². The Balaban J connectivity index is 1.76. The summed E-state index contributed by atoms with van der Waals surface area (Å²) in [5.74, 6) is 2.24. The van der Waals surface area contributed by atoms with E-state index in [9.17, 15) is 4.79 Å². The molecule has 2 rings (SSSR count). The zero-order valence-electron chi connectivity index (χ0n) is 10.4. The summed E-state index contributed by atoms with van der Waals surface area (Å²) in [6.07, 6.45) is 3.72. The van der Waals surface area contributed by atoms with Crippen LogP contribution in [0.1, 0.15) is 32.6 Å². The first kappa shape index (κ1) is 12.2. The second-order valence-electron chi connectivity index (χ2n) is 4.99. The van der Waals surface area contributed by atoms with Crippen molar-refractivity contribution in [1.82, 2.24) is 0 Å². The molecule has 1 aromatic carbocycles. The lowest BCUT2D eigenvalue weighted by atomic mass is 9.80. The van der Waals surface area contributed by atoms with Crippen LogP contribution in [0.4, 0.5) is 0 Å². The summed E-state index contributed by atoms with van der Waals surface area (Å²) in [7, 11) is 0. The fraction of sp³-hybridized carbons (Fsp3) is 0.533. The minimum absolute atomic E-state index is 0.225. The summed E-state index contributed by atoms with van der Waals surface area (Å²) in [6.45, 7) is 2.88. The van der Waals surface area contributed by atoms with Crippen LogP contribution in [0.5, 0.6) is 5.75 Å². The molecule has 1 saturated carbocycles. The van der Waals surface area contributed by atoms with Crippen molar-refractivity contribution in [3.8, 4) is 5.75 Å². The highest BCUT2D eigenvalue weighted by atomic mass is 16.5. The second-order valence-corrected chi connectivity index (χ2v) is 4.99. The molecule has 0 spiro atoms. The highest BCUT2D eigenvalue weighted by molar-refractivity contribution is 5.81. The summed E-state index contributed by atoms with van der Waals surface area (Å²) >= 11 is 0. The number of rotatable bonds is 4. The van der Waals surface area contributed by atoms with Gasteiger partial charge in [-0.15, -0.1) is 0 Å². The Bertz CT molecular complexity index is 358. The number of para-hydroxylation sites is 1. The van der Waals surface area contributed by atoms with E-state index >= 15 is 0 Å². The number of hydrogen-bond donors (Lipinski definition) is 0. The van der Waals surface area contributed by atoms with Gasteiger partial charge in [-0.3, -0.25) is 4.79 Å². The van der Waals surface area contributed by atoms with Gasteiger partial charge in [0.15, 0.2) is 0 Å². The molecule has 0 aromatic heterocycles. The van der Waals surface area contributed by atoms with E-state index in [1.807, 2.05) is 30.3 Å². The van der Waals surface area contributed by atoms with Crippen molar-refractivity contribution in [2.45, 2.75) is 32.6 Å². The van der Waals surface area contributed by atoms with Gasteiger partial charge in [0.25, 0.3) is 0 Å². The Labute approximate surface area is 103 Å². The van der Waals surface area contributed by atoms with Gasteiger partial charge in [-0.1, -0.05) is 25.1 Å². The molecule has 2 unspecified atom stereocenters. The molecule has 2 heteroatoms. The van der Waals surface area contributed by atoms with Crippen LogP contribution in [0.3, 0.4) is 0 Å². The molecule has 1 aliphatic carbocycles. The number of ether oxygens (including phenoxy) is 1. The molecule has 0 amide bonds. The summed E-state index contributed by atoms with van der Waals surface area (Å²) in [6, 6.07) is 9.79. The summed E-state index contributed by atoms with van der Waals surface area (Å²) in [5, 5.41) is 0. The normalized spacial score (nSPS) is 24.6. The average molecular weight is 232 g/mol. The van der Waals surface area contributed by atoms with Crippen molar-refractivity contribution >= 4 is 5.78 Å². The van der Waals surface area contributed by atoms with Gasteiger partial charge in [-0.25, -0.2) is 0 Å². The summed E-state index contributed by atoms with van der Waals surface area (Å²) in [5.41, 5.74) is 0. The third-order valence-corrected chi connectivity index (χ3v) is 3.50. The average Bonchev–Trinajstić information content (AvgIpc) is 2.35. The lowest BCUT2D eigenvalue weighted by molar-refractivity contribution is -0.125. The smallest absolute Gasteiger partial charge is 0.136 e. The van der Waals surface area contributed by atoms with Crippen molar-refractivity contribution in [2.75, 3.05) is 6.61 Å². The predicted octanol–water partition coefficient (Wildman–Crippen LogP) is 3.46. The third kappa shape index (κ3) is 3.58. The molecule has 0 bridgehead atoms. The third-order valence-electron chi connectivity index (χ3n) is 3.50. The first-order valence-corrected chi connectivity index (χ1v) is 6.46. The molecule has 0 radical (unpaired) electrons. The monoisotopic (exact) mass is 232 g/mol. The number of Topliss-reactive ketones (excluding diaryl/α,β-unsaturated/α-hetero) is 1. The van der Waals surface area contributed by atoms with Gasteiger partial charge < -0.3 is 4.74 Å². The van der Waals surface area contributed by atoms with E-state index < -0.39 is 0 Å². The maximum Gasteiger partial charge on any atom is 0.136 e. The fourth-order valence-electron chi connectivity index (χ4n) is 2.44. The van der Waals surface area contributed by atoms with Gasteiger partial charge in [0.2, 0.25) is 0 Å². The number of benzene rings is 1. The topological polar surface area (TPSA) is 26.3 Å². The van der Waals surface area contributed by atoms with Gasteiger partial charge >= 0.3 is 0 Å². The van der Waals surface area contributed by atoms with Crippen LogP contribution in [0.2, 0.25) is 0 Å². The summed E-state index contributed by atoms with van der Waals surface area (Å²) < 4.78 is 5.64. The Morgan fingerprint density at radius 2 is 2.06 bits per heavy atom. The van der Waals surface area contributed by atoms with E-state index in [1.54, 1.807) is 0 Å². The second kappa shape index (κ2) is 5.85. The first-order valence-electron chi connectivity index (χ1n) is 6.46. The van der Waals surface area contributed by atoms with E-state index in [0.29, 0.717) is 18.3 Å². The molecular formula is C15H20O2. The van der Waals surface area contributed by atoms with Crippen LogP contribution in [0, 0.1) is 11.8 Å². The Morgan fingerprint density at radius 1 is 1.29 bits per heavy atom. The molecule has 1 fully saturated rings. The predicted molar refractivity (Wildman–Crippen MR) is 68.1 cm³/mol. The lowest BCUT2D eigenvalue weighted by Crippen LogP contribution is -2.25. The van der Waals surface area contributed by atoms with Gasteiger partial charge in [0, 0.05) is 12.3 Å². The molecule has 0 aliphatic heterocycles. The fourth-order valence-corrected chi connectivity index (χ4v) is 2.44. The van der Waals surface area contributed by atoms with Crippen LogP contribution in [0.25, 0.3) is 0 Å². The van der Waals surface area contributed by atoms with Crippen LogP contribution < -0.4 is 4.74 Å². The molecular weight excluding hydrogens is 212 g/mol. The van der Waals surface area contributed by atoms with E-state index in [0.717, 1.165) is 31.4 Å². The Kier molecular flexibility index (Phi) is 4.18. The van der Waals surface area contributed by atoms with E-state index in [-0.39, 0.29) is 5.92 Å². The molecule has 0 N–H and O–H groups in total. The van der Waals surface area contributed by atoms with Crippen molar-refractivity contribution < 1.29 is 9.53 Å². The molecule has 2 atom stereocenters. The zero-order valence-corrected chi connectivity index (χ0v) is 10.4. The zero-order chi connectivity index (χ0) is 12.1. The maximum absolute atomic E-state index is 11.7. The standard InChI is InChI=1S/C15H20O2/c1-12-7-8-15(16)13(11-12)9-10-17-14-5-3-2-4-6-14/h2-6,12-13H,7-11H2,1H3. The molecule has 0 saturated heterocycles. The summed E-state index contributed by atoms with van der Waals surface area (Å²) in [4.78, 5) is 11.7. The Hall–Kier alpha value is -1.31. The van der Waals surface area contributed by atoms with Crippen molar-refractivity contribution in [3.63, 3.8) is 0 Å². The molecule has 2 nitrogen and oxygen atoms in total. The van der Waals surface area contributed by atoms with Crippen molar-refractivity contribution in [3.05, 3.63) is 30.3 Å². The molecule has 17 heavy (non-hydrogen) atoms. The SMILES string of the molecule is CC1CCC(=O)C(CCOc2ccccc2)C1. The van der Waals surface area contributed by atoms with E-state index in [2.05, 4.69) is 6.92 Å². The minimum atomic E-state index is 0.225. The van der Waals surface area contributed by atoms with Gasteiger partial charge in [-0.2, -0.15) is 0 Å². The number of hydrogen-bond acceptors (Lipinski definition) is 2. The van der Waals surface area contributed by atoms with E-state index in [4.69, 9.17) is 4.74 Å². The van der Waals surface area contributed by atoms with Crippen LogP contribution in [-0.4, -0.2) is 12.4 Å². The highest BCUT2D eigenvalue weighted by Gasteiger charge is 2.25. The van der Waals surface area contributed by atoms with E-state index in [1.165, 1.54) is 0 Å². The minimum Gasteiger partial charge on any atom is -0.494 e. The number of carbonyl (C=O) groups is 1. The highest BCUT2D eigenvalue weighted by Crippen LogP contribution is 2.28. The van der Waals surface area contributed by atoms with Crippen LogP contribution in [-0.2, 0) is 4.79 Å². The molecule has 92 valence electrons. The van der Waals surface area contributed by atoms with Crippen molar-refractivity contribution in [1.29, 1.82) is 0 Å². The number of ketones is 1. The quantitative estimate of drug-likeness (QED) is 0.794. The Morgan fingerprint density at radius 3 is 2.82 bits per heavy atom. The molecule has 0 heterocycles. The lowest BCUT2D eigenvalue weighted by Gasteiger charge is -2.25. The maximum atomic E-state index is 11.7. The van der Waals surface area contributed by atoms with Gasteiger partial charge in [0.05, 0.1) is 6.61 Å². The number of carbonyl (C=O) groups excluding carboxylic acids is 1. The first-order chi connectivity index (χ1) is 8.25. The van der Waals surface area contributed by atoms with Crippen LogP contribution in [0.15, 0.2) is 30.3 Å². The van der Waals surface area contributed by atoms with Crippen molar-refractivity contribution in [2.24, 2.45) is 11.8 Å².